The lowest BCUT2D eigenvalue weighted by Crippen LogP contribution is -2.36. The minimum absolute atomic E-state index is 0.231. The maximum absolute atomic E-state index is 11.9. The average molecular weight is 294 g/mol. The number of aromatic nitrogens is 2. The number of aromatic amines is 1. The van der Waals surface area contributed by atoms with Gasteiger partial charge in [0.05, 0.1) is 5.56 Å². The highest BCUT2D eigenvalue weighted by Crippen LogP contribution is 2.30. The molecule has 6 heteroatoms. The molecule has 0 fully saturated rings. The molecule has 0 aliphatic rings. The molecule has 2 aromatic heterocycles. The van der Waals surface area contributed by atoms with Gasteiger partial charge in [-0.1, -0.05) is 26.8 Å². The number of aromatic hydroxyl groups is 1. The molecule has 0 aliphatic carbocycles. The first-order valence-electron chi connectivity index (χ1n) is 6.45. The smallest absolute Gasteiger partial charge is 0.331 e. The zero-order valence-corrected chi connectivity index (χ0v) is 12.6. The van der Waals surface area contributed by atoms with E-state index in [1.807, 2.05) is 31.4 Å². The molecule has 0 aliphatic heterocycles. The molecule has 0 amide bonds. The first-order valence-corrected chi connectivity index (χ1v) is 7.33. The molecule has 0 aromatic carbocycles. The van der Waals surface area contributed by atoms with Gasteiger partial charge in [0.25, 0.3) is 5.56 Å². The molecule has 0 atom stereocenters. The lowest BCUT2D eigenvalue weighted by atomic mass is 9.91. The fraction of sp³-hybridized carbons (Fsp3) is 0.429. The topological polar surface area (TPSA) is 75.1 Å². The summed E-state index contributed by atoms with van der Waals surface area (Å²) < 4.78 is 1.24. The van der Waals surface area contributed by atoms with Crippen molar-refractivity contribution in [2.75, 3.05) is 0 Å². The second kappa shape index (κ2) is 5.28. The molecule has 0 saturated heterocycles. The molecule has 5 nitrogen and oxygen atoms in total. The minimum Gasteiger partial charge on any atom is -0.494 e. The van der Waals surface area contributed by atoms with E-state index >= 15 is 0 Å². The summed E-state index contributed by atoms with van der Waals surface area (Å²) in [5, 5.41) is 12.1. The van der Waals surface area contributed by atoms with Gasteiger partial charge in [-0.2, -0.15) is 0 Å². The third-order valence-electron chi connectivity index (χ3n) is 3.36. The average Bonchev–Trinajstić information content (AvgIpc) is 2.89. The van der Waals surface area contributed by atoms with Crippen LogP contribution in [0, 0.1) is 0 Å². The van der Waals surface area contributed by atoms with E-state index in [2.05, 4.69) is 4.98 Å². The van der Waals surface area contributed by atoms with Gasteiger partial charge in [0.2, 0.25) is 5.88 Å². The van der Waals surface area contributed by atoms with E-state index in [0.29, 0.717) is 13.0 Å². The number of H-pyrrole nitrogens is 1. The van der Waals surface area contributed by atoms with Crippen molar-refractivity contribution in [3.8, 4) is 5.88 Å². The molecule has 0 radical (unpaired) electrons. The molecule has 108 valence electrons. The number of hydrogen-bond donors (Lipinski definition) is 2. The van der Waals surface area contributed by atoms with E-state index in [-0.39, 0.29) is 16.9 Å². The summed E-state index contributed by atoms with van der Waals surface area (Å²) in [7, 11) is 0. The second-order valence-corrected chi connectivity index (χ2v) is 6.31. The quantitative estimate of drug-likeness (QED) is 0.903. The van der Waals surface area contributed by atoms with Crippen molar-refractivity contribution >= 4 is 11.3 Å². The van der Waals surface area contributed by atoms with Crippen molar-refractivity contribution in [1.29, 1.82) is 0 Å². The van der Waals surface area contributed by atoms with Crippen LogP contribution in [0.25, 0.3) is 0 Å². The van der Waals surface area contributed by atoms with Crippen LogP contribution in [-0.2, 0) is 18.4 Å². The van der Waals surface area contributed by atoms with E-state index in [0.717, 1.165) is 4.88 Å². The first kappa shape index (κ1) is 14.6. The Morgan fingerprint density at radius 2 is 2.10 bits per heavy atom. The van der Waals surface area contributed by atoms with Crippen molar-refractivity contribution < 1.29 is 5.11 Å². The highest BCUT2D eigenvalue weighted by atomic mass is 32.1. The standard InChI is InChI=1S/C14H18N2O3S/c1-4-9-11(17)15-13(19)16(12(9)18)8-14(2,3)10-6-5-7-20-10/h5-7,18H,4,8H2,1-3H3,(H,15,17,19). The zero-order chi connectivity index (χ0) is 14.9. The molecule has 0 unspecified atom stereocenters. The Morgan fingerprint density at radius 3 is 2.65 bits per heavy atom. The lowest BCUT2D eigenvalue weighted by Gasteiger charge is -2.25. The molecule has 20 heavy (non-hydrogen) atoms. The zero-order valence-electron chi connectivity index (χ0n) is 11.8. The molecule has 2 heterocycles. The molecule has 2 aromatic rings. The Kier molecular flexibility index (Phi) is 3.85. The van der Waals surface area contributed by atoms with E-state index in [9.17, 15) is 14.7 Å². The minimum atomic E-state index is -0.575. The maximum Gasteiger partial charge on any atom is 0.331 e. The summed E-state index contributed by atoms with van der Waals surface area (Å²) in [6.07, 6.45) is 0.376. The highest BCUT2D eigenvalue weighted by Gasteiger charge is 2.25. The van der Waals surface area contributed by atoms with Gasteiger partial charge >= 0.3 is 5.69 Å². The van der Waals surface area contributed by atoms with Crippen LogP contribution in [0.3, 0.4) is 0 Å². The Bertz CT molecular complexity index is 711. The lowest BCUT2D eigenvalue weighted by molar-refractivity contribution is 0.348. The molecule has 2 rings (SSSR count). The fourth-order valence-corrected chi connectivity index (χ4v) is 3.05. The van der Waals surface area contributed by atoms with E-state index in [1.165, 1.54) is 4.57 Å². The van der Waals surface area contributed by atoms with Gasteiger partial charge in [0.15, 0.2) is 0 Å². The normalized spacial score (nSPS) is 11.8. The predicted molar refractivity (Wildman–Crippen MR) is 79.7 cm³/mol. The van der Waals surface area contributed by atoms with Crippen molar-refractivity contribution in [3.63, 3.8) is 0 Å². The van der Waals surface area contributed by atoms with Gasteiger partial charge in [0.1, 0.15) is 0 Å². The van der Waals surface area contributed by atoms with Crippen LogP contribution >= 0.6 is 11.3 Å². The maximum atomic E-state index is 11.9. The number of rotatable bonds is 4. The Balaban J connectivity index is 2.50. The van der Waals surface area contributed by atoms with Crippen molar-refractivity contribution in [1.82, 2.24) is 9.55 Å². The Labute approximate surface area is 120 Å². The van der Waals surface area contributed by atoms with E-state index < -0.39 is 11.2 Å². The van der Waals surface area contributed by atoms with Crippen LogP contribution in [0.4, 0.5) is 0 Å². The molecular formula is C14H18N2O3S. The van der Waals surface area contributed by atoms with Crippen LogP contribution in [0.15, 0.2) is 27.1 Å². The van der Waals surface area contributed by atoms with Gasteiger partial charge < -0.3 is 5.11 Å². The third-order valence-corrected chi connectivity index (χ3v) is 4.60. The molecule has 0 spiro atoms. The summed E-state index contributed by atoms with van der Waals surface area (Å²) in [5.41, 5.74) is -1.15. The van der Waals surface area contributed by atoms with Crippen LogP contribution in [0.2, 0.25) is 0 Å². The van der Waals surface area contributed by atoms with Crippen LogP contribution in [0.1, 0.15) is 31.2 Å². The third kappa shape index (κ3) is 2.56. The monoisotopic (exact) mass is 294 g/mol. The fourth-order valence-electron chi connectivity index (χ4n) is 2.20. The van der Waals surface area contributed by atoms with Crippen molar-refractivity contribution in [2.45, 2.75) is 39.2 Å². The summed E-state index contributed by atoms with van der Waals surface area (Å²) in [6.45, 7) is 6.08. The van der Waals surface area contributed by atoms with Crippen molar-refractivity contribution in [2.24, 2.45) is 0 Å². The van der Waals surface area contributed by atoms with Crippen LogP contribution in [-0.4, -0.2) is 14.7 Å². The Morgan fingerprint density at radius 1 is 1.40 bits per heavy atom. The summed E-state index contributed by atoms with van der Waals surface area (Å²) >= 11 is 1.60. The van der Waals surface area contributed by atoms with Gasteiger partial charge in [-0.3, -0.25) is 14.3 Å². The summed E-state index contributed by atoms with van der Waals surface area (Å²) in [5.74, 6) is -0.231. The molecule has 0 saturated carbocycles. The van der Waals surface area contributed by atoms with Gasteiger partial charge in [-0.05, 0) is 17.9 Å². The Hall–Kier alpha value is -1.82. The number of hydrogen-bond acceptors (Lipinski definition) is 4. The summed E-state index contributed by atoms with van der Waals surface area (Å²) in [6, 6.07) is 3.95. The molecule has 0 bridgehead atoms. The molecule has 2 N–H and O–H groups in total. The van der Waals surface area contributed by atoms with Gasteiger partial charge in [0, 0.05) is 16.8 Å². The van der Waals surface area contributed by atoms with Crippen molar-refractivity contribution in [3.05, 3.63) is 48.8 Å². The number of thiophene rings is 1. The largest absolute Gasteiger partial charge is 0.494 e. The SMILES string of the molecule is CCc1c(O)n(CC(C)(C)c2cccs2)c(=O)[nH]c1=O. The van der Waals surface area contributed by atoms with Gasteiger partial charge in [-0.15, -0.1) is 11.3 Å². The summed E-state index contributed by atoms with van der Waals surface area (Å²) in [4.78, 5) is 26.9. The predicted octanol–water partition coefficient (Wildman–Crippen LogP) is 1.84. The molecular weight excluding hydrogens is 276 g/mol. The number of nitrogens with zero attached hydrogens (tertiary/aromatic N) is 1. The van der Waals surface area contributed by atoms with Crippen LogP contribution < -0.4 is 11.2 Å². The van der Waals surface area contributed by atoms with E-state index in [1.54, 1.807) is 18.3 Å². The van der Waals surface area contributed by atoms with E-state index in [4.69, 9.17) is 0 Å². The number of nitrogens with one attached hydrogen (secondary N) is 1. The van der Waals surface area contributed by atoms with Crippen LogP contribution in [0.5, 0.6) is 5.88 Å². The highest BCUT2D eigenvalue weighted by molar-refractivity contribution is 7.10. The first-order chi connectivity index (χ1) is 9.36. The second-order valence-electron chi connectivity index (χ2n) is 5.36. The van der Waals surface area contributed by atoms with Gasteiger partial charge in [-0.25, -0.2) is 4.79 Å².